The van der Waals surface area contributed by atoms with Crippen LogP contribution in [0.4, 0.5) is 10.5 Å². The number of imide groups is 1. The number of amides is 4. The quantitative estimate of drug-likeness (QED) is 0.808. The van der Waals surface area contributed by atoms with Gasteiger partial charge in [-0.15, -0.1) is 0 Å². The Morgan fingerprint density at radius 3 is 2.73 bits per heavy atom. The third-order valence-corrected chi connectivity index (χ3v) is 5.77. The van der Waals surface area contributed by atoms with Gasteiger partial charge < -0.3 is 10.2 Å². The number of para-hydroxylation sites is 1. The molecule has 7 nitrogen and oxygen atoms in total. The monoisotopic (exact) mass is 356 g/mol. The first-order valence-electron chi connectivity index (χ1n) is 9.31. The number of hydrogen-bond donors (Lipinski definition) is 2. The van der Waals surface area contributed by atoms with Gasteiger partial charge in [-0.25, -0.2) is 4.79 Å². The molecule has 1 aromatic rings. The molecule has 2 heterocycles. The van der Waals surface area contributed by atoms with Gasteiger partial charge in [-0.2, -0.15) is 5.01 Å². The normalized spacial score (nSPS) is 24.0. The van der Waals surface area contributed by atoms with Crippen molar-refractivity contribution < 1.29 is 14.4 Å². The van der Waals surface area contributed by atoms with E-state index in [0.717, 1.165) is 36.4 Å². The molecule has 0 unspecified atom stereocenters. The van der Waals surface area contributed by atoms with Crippen molar-refractivity contribution in [2.45, 2.75) is 57.0 Å². The summed E-state index contributed by atoms with van der Waals surface area (Å²) in [5.74, 6) is -0.685. The molecule has 138 valence electrons. The van der Waals surface area contributed by atoms with E-state index in [9.17, 15) is 14.4 Å². The van der Waals surface area contributed by atoms with Crippen molar-refractivity contribution in [2.75, 3.05) is 11.4 Å². The molecule has 1 aromatic carbocycles. The molecule has 1 atom stereocenters. The Morgan fingerprint density at radius 1 is 1.23 bits per heavy atom. The van der Waals surface area contributed by atoms with Crippen LogP contribution in [-0.2, 0) is 16.0 Å². The molecule has 2 aliphatic heterocycles. The van der Waals surface area contributed by atoms with Crippen LogP contribution in [0.15, 0.2) is 24.3 Å². The molecule has 2 N–H and O–H groups in total. The first kappa shape index (κ1) is 16.9. The first-order valence-corrected chi connectivity index (χ1v) is 9.31. The van der Waals surface area contributed by atoms with Gasteiger partial charge in [0, 0.05) is 11.7 Å². The summed E-state index contributed by atoms with van der Waals surface area (Å²) in [6.07, 6.45) is 5.06. The smallest absolute Gasteiger partial charge is 0.344 e. The lowest BCUT2D eigenvalue weighted by Gasteiger charge is -2.30. The van der Waals surface area contributed by atoms with Crippen LogP contribution in [0.2, 0.25) is 0 Å². The van der Waals surface area contributed by atoms with Gasteiger partial charge in [0.1, 0.15) is 5.54 Å². The highest BCUT2D eigenvalue weighted by Crippen LogP contribution is 2.33. The molecule has 0 bridgehead atoms. The number of fused-ring (bicyclic) bond motifs is 1. The van der Waals surface area contributed by atoms with E-state index in [4.69, 9.17) is 0 Å². The number of anilines is 1. The van der Waals surface area contributed by atoms with Crippen molar-refractivity contribution in [1.29, 1.82) is 0 Å². The molecule has 4 amide bonds. The van der Waals surface area contributed by atoms with Crippen molar-refractivity contribution in [3.8, 4) is 0 Å². The predicted octanol–water partition coefficient (Wildman–Crippen LogP) is 1.72. The Labute approximate surface area is 152 Å². The fraction of sp³-hybridized carbons (Fsp3) is 0.526. The Morgan fingerprint density at radius 2 is 1.96 bits per heavy atom. The van der Waals surface area contributed by atoms with Gasteiger partial charge in [0.25, 0.3) is 11.8 Å². The molecular weight excluding hydrogens is 332 g/mol. The van der Waals surface area contributed by atoms with Crippen LogP contribution < -0.4 is 15.6 Å². The van der Waals surface area contributed by atoms with Gasteiger partial charge in [0.15, 0.2) is 0 Å². The van der Waals surface area contributed by atoms with Crippen LogP contribution in [0.1, 0.15) is 44.6 Å². The number of hydrazine groups is 1. The van der Waals surface area contributed by atoms with Crippen LogP contribution in [0.3, 0.4) is 0 Å². The lowest BCUT2D eigenvalue weighted by atomic mass is 9.82. The predicted molar refractivity (Wildman–Crippen MR) is 96.3 cm³/mol. The Bertz CT molecular complexity index is 757. The van der Waals surface area contributed by atoms with E-state index < -0.39 is 11.6 Å². The van der Waals surface area contributed by atoms with Crippen LogP contribution in [0, 0.1) is 0 Å². The average Bonchev–Trinajstić information content (AvgIpc) is 3.05. The van der Waals surface area contributed by atoms with E-state index in [-0.39, 0.29) is 24.4 Å². The van der Waals surface area contributed by atoms with Crippen molar-refractivity contribution in [3.05, 3.63) is 29.8 Å². The molecular formula is C19H24N4O3. The largest absolute Gasteiger partial charge is 0.359 e. The van der Waals surface area contributed by atoms with E-state index in [2.05, 4.69) is 23.7 Å². The van der Waals surface area contributed by atoms with Crippen LogP contribution >= 0.6 is 0 Å². The summed E-state index contributed by atoms with van der Waals surface area (Å²) in [7, 11) is 0. The third-order valence-electron chi connectivity index (χ3n) is 5.77. The molecule has 1 saturated heterocycles. The number of rotatable bonds is 3. The van der Waals surface area contributed by atoms with Crippen molar-refractivity contribution in [3.63, 3.8) is 0 Å². The highest BCUT2D eigenvalue weighted by molar-refractivity contribution is 6.08. The minimum absolute atomic E-state index is 0.113. The highest BCUT2D eigenvalue weighted by atomic mass is 16.2. The molecule has 4 rings (SSSR count). The second-order valence-electron chi connectivity index (χ2n) is 7.56. The topological polar surface area (TPSA) is 81.8 Å². The summed E-state index contributed by atoms with van der Waals surface area (Å²) < 4.78 is 0. The van der Waals surface area contributed by atoms with Crippen molar-refractivity contribution in [2.24, 2.45) is 0 Å². The maximum Gasteiger partial charge on any atom is 0.344 e. The number of carbonyl (C=O) groups excluding carboxylic acids is 3. The Balaban J connectivity index is 1.44. The summed E-state index contributed by atoms with van der Waals surface area (Å²) in [6, 6.07) is 7.68. The number of urea groups is 1. The fourth-order valence-electron chi connectivity index (χ4n) is 4.40. The summed E-state index contributed by atoms with van der Waals surface area (Å²) in [5, 5.41) is 3.68. The summed E-state index contributed by atoms with van der Waals surface area (Å²) in [6.45, 7) is 2.18. The summed E-state index contributed by atoms with van der Waals surface area (Å²) >= 11 is 0. The lowest BCUT2D eigenvalue weighted by molar-refractivity contribution is -0.139. The number of benzene rings is 1. The van der Waals surface area contributed by atoms with Crippen LogP contribution in [0.5, 0.6) is 0 Å². The van der Waals surface area contributed by atoms with E-state index in [1.165, 1.54) is 5.56 Å². The molecule has 1 aliphatic carbocycles. The number of nitrogens with one attached hydrogen (secondary N) is 2. The highest BCUT2D eigenvalue weighted by Gasteiger charge is 2.52. The van der Waals surface area contributed by atoms with Gasteiger partial charge >= 0.3 is 6.03 Å². The van der Waals surface area contributed by atoms with Gasteiger partial charge in [-0.05, 0) is 37.8 Å². The zero-order chi connectivity index (χ0) is 18.3. The molecule has 7 heteroatoms. The van der Waals surface area contributed by atoms with Crippen LogP contribution in [0.25, 0.3) is 0 Å². The molecule has 0 radical (unpaired) electrons. The third kappa shape index (κ3) is 2.71. The van der Waals surface area contributed by atoms with Gasteiger partial charge in [0.05, 0.1) is 6.54 Å². The number of nitrogens with zero attached hydrogens (tertiary/aromatic N) is 2. The van der Waals surface area contributed by atoms with Gasteiger partial charge in [-0.1, -0.05) is 37.5 Å². The summed E-state index contributed by atoms with van der Waals surface area (Å²) in [4.78, 5) is 39.6. The molecule has 1 spiro atoms. The van der Waals surface area contributed by atoms with Crippen molar-refractivity contribution in [1.82, 2.24) is 15.8 Å². The van der Waals surface area contributed by atoms with Gasteiger partial charge in [0.2, 0.25) is 0 Å². The standard InChI is InChI=1S/C19H24N4O3/c1-13-11-14-7-3-4-8-15(14)22(13)12-16(24)21-23-17(25)19(20-18(23)26)9-5-2-6-10-19/h3-4,7-8,13H,2,5-6,9-12H2,1H3,(H,20,26)(H,21,24)/t13-/m1/s1. The average molecular weight is 356 g/mol. The molecule has 26 heavy (non-hydrogen) atoms. The second kappa shape index (κ2) is 6.30. The Hall–Kier alpha value is -2.57. The van der Waals surface area contributed by atoms with E-state index in [1.54, 1.807) is 0 Å². The molecule has 0 aromatic heterocycles. The molecule has 3 aliphatic rings. The number of hydrogen-bond acceptors (Lipinski definition) is 4. The van der Waals surface area contributed by atoms with Gasteiger partial charge in [-0.3, -0.25) is 15.0 Å². The van der Waals surface area contributed by atoms with Crippen LogP contribution in [-0.4, -0.2) is 41.0 Å². The zero-order valence-electron chi connectivity index (χ0n) is 15.0. The first-order chi connectivity index (χ1) is 12.5. The van der Waals surface area contributed by atoms with E-state index in [1.807, 2.05) is 23.1 Å². The molecule has 2 fully saturated rings. The minimum atomic E-state index is -0.823. The SMILES string of the molecule is C[C@@H]1Cc2ccccc2N1CC(=O)NN1C(=O)NC2(CCCCC2)C1=O. The van der Waals surface area contributed by atoms with E-state index >= 15 is 0 Å². The maximum atomic E-state index is 12.7. The summed E-state index contributed by atoms with van der Waals surface area (Å²) in [5.41, 5.74) is 3.95. The zero-order valence-corrected chi connectivity index (χ0v) is 15.0. The van der Waals surface area contributed by atoms with Crippen molar-refractivity contribution >= 4 is 23.5 Å². The minimum Gasteiger partial charge on any atom is -0.359 e. The molecule has 1 saturated carbocycles. The second-order valence-corrected chi connectivity index (χ2v) is 7.56. The lowest BCUT2D eigenvalue weighted by Crippen LogP contribution is -2.52. The maximum absolute atomic E-state index is 12.7. The number of carbonyl (C=O) groups is 3. The fourth-order valence-corrected chi connectivity index (χ4v) is 4.40. The van der Waals surface area contributed by atoms with E-state index in [0.29, 0.717) is 12.8 Å². The Kier molecular flexibility index (Phi) is 4.09.